The van der Waals surface area contributed by atoms with Crippen molar-refractivity contribution in [3.05, 3.63) is 29.6 Å². The van der Waals surface area contributed by atoms with Crippen LogP contribution in [0.3, 0.4) is 0 Å². The maximum Gasteiger partial charge on any atom is 0.0440 e. The highest BCUT2D eigenvalue weighted by atomic mass is 14.7. The summed E-state index contributed by atoms with van der Waals surface area (Å²) in [6, 6.07) is 4.27. The number of pyridine rings is 1. The summed E-state index contributed by atoms with van der Waals surface area (Å²) >= 11 is 0. The molecule has 1 heteroatoms. The van der Waals surface area contributed by atoms with Crippen molar-refractivity contribution < 1.29 is 0 Å². The SMILES string of the molecule is CC(C)(C)Cc1cccnc1CC(C)(C)C. The van der Waals surface area contributed by atoms with Gasteiger partial charge in [0.25, 0.3) is 0 Å². The van der Waals surface area contributed by atoms with Crippen LogP contribution in [0.15, 0.2) is 18.3 Å². The summed E-state index contributed by atoms with van der Waals surface area (Å²) in [5.74, 6) is 0. The first-order chi connectivity index (χ1) is 7.17. The Morgan fingerprint density at radius 3 is 2.00 bits per heavy atom. The van der Waals surface area contributed by atoms with E-state index in [1.165, 1.54) is 11.3 Å². The van der Waals surface area contributed by atoms with Gasteiger partial charge in [-0.3, -0.25) is 4.98 Å². The van der Waals surface area contributed by atoms with E-state index in [0.29, 0.717) is 10.8 Å². The minimum atomic E-state index is 0.307. The Balaban J connectivity index is 2.92. The van der Waals surface area contributed by atoms with Crippen molar-refractivity contribution >= 4 is 0 Å². The molecule has 0 aliphatic carbocycles. The van der Waals surface area contributed by atoms with E-state index in [0.717, 1.165) is 12.8 Å². The largest absolute Gasteiger partial charge is 0.261 e. The minimum Gasteiger partial charge on any atom is -0.261 e. The highest BCUT2D eigenvalue weighted by Gasteiger charge is 2.18. The molecule has 0 atom stereocenters. The predicted octanol–water partition coefficient (Wildman–Crippen LogP) is 4.26. The second-order valence-corrected chi connectivity index (χ2v) is 7.08. The summed E-state index contributed by atoms with van der Waals surface area (Å²) < 4.78 is 0. The zero-order chi connectivity index (χ0) is 12.4. The molecule has 0 saturated carbocycles. The molecule has 90 valence electrons. The third kappa shape index (κ3) is 4.78. The first-order valence-electron chi connectivity index (χ1n) is 6.10. The van der Waals surface area contributed by atoms with Crippen molar-refractivity contribution in [3.63, 3.8) is 0 Å². The highest BCUT2D eigenvalue weighted by molar-refractivity contribution is 5.22. The van der Waals surface area contributed by atoms with Crippen LogP contribution in [-0.2, 0) is 12.8 Å². The maximum absolute atomic E-state index is 4.55. The average molecular weight is 219 g/mol. The Morgan fingerprint density at radius 2 is 1.50 bits per heavy atom. The maximum atomic E-state index is 4.55. The van der Waals surface area contributed by atoms with E-state index in [1.807, 2.05) is 12.3 Å². The molecule has 1 aromatic heterocycles. The summed E-state index contributed by atoms with van der Waals surface area (Å²) in [5.41, 5.74) is 3.31. The number of hydrogen-bond donors (Lipinski definition) is 0. The van der Waals surface area contributed by atoms with E-state index in [2.05, 4.69) is 52.6 Å². The second-order valence-electron chi connectivity index (χ2n) is 7.08. The Hall–Kier alpha value is -0.850. The lowest BCUT2D eigenvalue weighted by Gasteiger charge is -2.23. The topological polar surface area (TPSA) is 12.9 Å². The standard InChI is InChI=1S/C15H25N/c1-14(2,3)10-12-8-7-9-16-13(12)11-15(4,5)6/h7-9H,10-11H2,1-6H3. The Bertz CT molecular complexity index is 304. The van der Waals surface area contributed by atoms with E-state index in [1.54, 1.807) is 0 Å². The molecule has 0 aliphatic rings. The summed E-state index contributed by atoms with van der Waals surface area (Å²) in [7, 11) is 0. The molecule has 0 unspecified atom stereocenters. The second kappa shape index (κ2) is 4.57. The molecule has 0 radical (unpaired) electrons. The normalized spacial score (nSPS) is 12.9. The average Bonchev–Trinajstić information content (AvgIpc) is 2.03. The molecular formula is C15H25N. The molecular weight excluding hydrogens is 194 g/mol. The monoisotopic (exact) mass is 219 g/mol. The highest BCUT2D eigenvalue weighted by Crippen LogP contribution is 2.26. The minimum absolute atomic E-state index is 0.307. The van der Waals surface area contributed by atoms with Crippen LogP contribution in [0.1, 0.15) is 52.8 Å². The lowest BCUT2D eigenvalue weighted by Crippen LogP contribution is -2.16. The Morgan fingerprint density at radius 1 is 0.938 bits per heavy atom. The lowest BCUT2D eigenvalue weighted by molar-refractivity contribution is 0.388. The number of rotatable bonds is 2. The summed E-state index contributed by atoms with van der Waals surface area (Å²) in [5, 5.41) is 0. The molecule has 0 bridgehead atoms. The van der Waals surface area contributed by atoms with E-state index >= 15 is 0 Å². The molecule has 1 heterocycles. The van der Waals surface area contributed by atoms with Crippen LogP contribution in [-0.4, -0.2) is 4.98 Å². The molecule has 0 aliphatic heterocycles. The molecule has 0 spiro atoms. The zero-order valence-electron chi connectivity index (χ0n) is 11.6. The van der Waals surface area contributed by atoms with Crippen molar-refractivity contribution in [2.45, 2.75) is 54.4 Å². The first-order valence-corrected chi connectivity index (χ1v) is 6.10. The molecule has 0 saturated heterocycles. The van der Waals surface area contributed by atoms with Gasteiger partial charge in [0.15, 0.2) is 0 Å². The number of nitrogens with zero attached hydrogens (tertiary/aromatic N) is 1. The van der Waals surface area contributed by atoms with Crippen molar-refractivity contribution in [1.82, 2.24) is 4.98 Å². The van der Waals surface area contributed by atoms with Crippen LogP contribution in [0.2, 0.25) is 0 Å². The van der Waals surface area contributed by atoms with E-state index in [9.17, 15) is 0 Å². The van der Waals surface area contributed by atoms with Gasteiger partial charge in [-0.1, -0.05) is 47.6 Å². The van der Waals surface area contributed by atoms with Gasteiger partial charge in [-0.25, -0.2) is 0 Å². The quantitative estimate of drug-likeness (QED) is 0.724. The smallest absolute Gasteiger partial charge is 0.0440 e. The fourth-order valence-corrected chi connectivity index (χ4v) is 1.87. The molecule has 1 nitrogen and oxygen atoms in total. The van der Waals surface area contributed by atoms with Crippen molar-refractivity contribution in [2.75, 3.05) is 0 Å². The third-order valence-electron chi connectivity index (χ3n) is 2.40. The van der Waals surface area contributed by atoms with Crippen LogP contribution in [0.4, 0.5) is 0 Å². The lowest BCUT2D eigenvalue weighted by atomic mass is 9.83. The van der Waals surface area contributed by atoms with Crippen LogP contribution < -0.4 is 0 Å². The van der Waals surface area contributed by atoms with Gasteiger partial charge in [0.2, 0.25) is 0 Å². The molecule has 16 heavy (non-hydrogen) atoms. The third-order valence-corrected chi connectivity index (χ3v) is 2.40. The number of aromatic nitrogens is 1. The van der Waals surface area contributed by atoms with E-state index in [-0.39, 0.29) is 0 Å². The van der Waals surface area contributed by atoms with Crippen molar-refractivity contribution in [1.29, 1.82) is 0 Å². The van der Waals surface area contributed by atoms with Crippen LogP contribution in [0.5, 0.6) is 0 Å². The van der Waals surface area contributed by atoms with Gasteiger partial charge in [0.1, 0.15) is 0 Å². The van der Waals surface area contributed by atoms with Crippen LogP contribution in [0, 0.1) is 10.8 Å². The first kappa shape index (κ1) is 13.2. The molecule has 0 N–H and O–H groups in total. The summed E-state index contributed by atoms with van der Waals surface area (Å²) in [4.78, 5) is 4.55. The van der Waals surface area contributed by atoms with Gasteiger partial charge in [-0.05, 0) is 35.3 Å². The van der Waals surface area contributed by atoms with Crippen molar-refractivity contribution in [3.8, 4) is 0 Å². The summed E-state index contributed by atoms with van der Waals surface area (Å²) in [6.07, 6.45) is 4.07. The molecule has 0 fully saturated rings. The fraction of sp³-hybridized carbons (Fsp3) is 0.667. The van der Waals surface area contributed by atoms with Gasteiger partial charge in [0.05, 0.1) is 0 Å². The van der Waals surface area contributed by atoms with Gasteiger partial charge in [-0.15, -0.1) is 0 Å². The van der Waals surface area contributed by atoms with E-state index < -0.39 is 0 Å². The molecule has 0 aromatic carbocycles. The summed E-state index contributed by atoms with van der Waals surface area (Å²) in [6.45, 7) is 13.6. The van der Waals surface area contributed by atoms with Gasteiger partial charge in [-0.2, -0.15) is 0 Å². The Labute approximate surface area is 100 Å². The predicted molar refractivity (Wildman–Crippen MR) is 70.6 cm³/mol. The van der Waals surface area contributed by atoms with Gasteiger partial charge >= 0.3 is 0 Å². The molecule has 1 rings (SSSR count). The van der Waals surface area contributed by atoms with Crippen LogP contribution in [0.25, 0.3) is 0 Å². The zero-order valence-corrected chi connectivity index (χ0v) is 11.6. The Kier molecular flexibility index (Phi) is 3.77. The fourth-order valence-electron chi connectivity index (χ4n) is 1.87. The van der Waals surface area contributed by atoms with Gasteiger partial charge in [0, 0.05) is 11.9 Å². The van der Waals surface area contributed by atoms with Crippen LogP contribution >= 0.6 is 0 Å². The molecule has 1 aromatic rings. The number of hydrogen-bond acceptors (Lipinski definition) is 1. The molecule has 0 amide bonds. The van der Waals surface area contributed by atoms with E-state index in [4.69, 9.17) is 0 Å². The van der Waals surface area contributed by atoms with Crippen molar-refractivity contribution in [2.24, 2.45) is 10.8 Å². The van der Waals surface area contributed by atoms with Gasteiger partial charge < -0.3 is 0 Å².